The van der Waals surface area contributed by atoms with Crippen molar-refractivity contribution in [1.29, 1.82) is 0 Å². The molecule has 2 unspecified atom stereocenters. The minimum absolute atomic E-state index is 0.282. The number of halogens is 4. The first kappa shape index (κ1) is 10.7. The van der Waals surface area contributed by atoms with E-state index in [1.807, 2.05) is 0 Å². The predicted octanol–water partition coefficient (Wildman–Crippen LogP) is 2.23. The van der Waals surface area contributed by atoms with Gasteiger partial charge >= 0.3 is 6.18 Å². The van der Waals surface area contributed by atoms with Crippen LogP contribution in [0, 0.1) is 16.0 Å². The van der Waals surface area contributed by atoms with Crippen molar-refractivity contribution < 1.29 is 22.5 Å². The third-order valence-electron chi connectivity index (χ3n) is 1.73. The highest BCUT2D eigenvalue weighted by Crippen LogP contribution is 2.35. The van der Waals surface area contributed by atoms with Crippen LogP contribution >= 0.6 is 0 Å². The summed E-state index contributed by atoms with van der Waals surface area (Å²) >= 11 is 0. The Bertz CT molecular complexity index is 307. The molecule has 0 saturated heterocycles. The molecule has 0 saturated carbocycles. The van der Waals surface area contributed by atoms with Crippen LogP contribution in [0.1, 0.15) is 0 Å². The monoisotopic (exact) mass is 211 g/mol. The molecule has 3 nitrogen and oxygen atoms in total. The van der Waals surface area contributed by atoms with Gasteiger partial charge < -0.3 is 0 Å². The first-order valence-electron chi connectivity index (χ1n) is 3.57. The summed E-state index contributed by atoms with van der Waals surface area (Å²) in [6.45, 7) is 0. The van der Waals surface area contributed by atoms with E-state index in [0.717, 1.165) is 6.08 Å². The SMILES string of the molecule is O=[N+]([O-])C1=CC(C(F)(F)F)C(F)C=C1. The van der Waals surface area contributed by atoms with Gasteiger partial charge in [-0.15, -0.1) is 0 Å². The summed E-state index contributed by atoms with van der Waals surface area (Å²) in [5, 5.41) is 10.1. The Morgan fingerprint density at radius 1 is 1.43 bits per heavy atom. The third-order valence-corrected chi connectivity index (χ3v) is 1.73. The fraction of sp³-hybridized carbons (Fsp3) is 0.429. The Morgan fingerprint density at radius 3 is 2.43 bits per heavy atom. The van der Waals surface area contributed by atoms with Crippen LogP contribution < -0.4 is 0 Å². The lowest BCUT2D eigenvalue weighted by atomic mass is 9.97. The summed E-state index contributed by atoms with van der Waals surface area (Å²) in [5.41, 5.74) is -0.735. The highest BCUT2D eigenvalue weighted by Gasteiger charge is 2.45. The van der Waals surface area contributed by atoms with Gasteiger partial charge in [-0.25, -0.2) is 4.39 Å². The number of rotatable bonds is 1. The van der Waals surface area contributed by atoms with Crippen molar-refractivity contribution in [2.75, 3.05) is 0 Å². The number of hydrogen-bond donors (Lipinski definition) is 0. The highest BCUT2D eigenvalue weighted by molar-refractivity contribution is 5.22. The molecule has 0 aromatic heterocycles. The minimum atomic E-state index is -4.80. The van der Waals surface area contributed by atoms with Crippen LogP contribution in [0.25, 0.3) is 0 Å². The summed E-state index contributed by atoms with van der Waals surface area (Å²) in [5.74, 6) is -2.42. The predicted molar refractivity (Wildman–Crippen MR) is 38.7 cm³/mol. The topological polar surface area (TPSA) is 43.1 Å². The molecule has 78 valence electrons. The lowest BCUT2D eigenvalue weighted by Gasteiger charge is -2.20. The summed E-state index contributed by atoms with van der Waals surface area (Å²) in [6.07, 6.45) is -5.50. The maximum atomic E-state index is 12.7. The molecule has 0 bridgehead atoms. The van der Waals surface area contributed by atoms with E-state index in [4.69, 9.17) is 0 Å². The zero-order valence-corrected chi connectivity index (χ0v) is 6.66. The summed E-state index contributed by atoms with van der Waals surface area (Å²) in [4.78, 5) is 9.14. The van der Waals surface area contributed by atoms with E-state index in [1.54, 1.807) is 0 Å². The van der Waals surface area contributed by atoms with Gasteiger partial charge in [0.15, 0.2) is 0 Å². The van der Waals surface area contributed by atoms with Crippen molar-refractivity contribution >= 4 is 0 Å². The molecule has 0 aromatic rings. The first-order chi connectivity index (χ1) is 6.32. The molecule has 0 aliphatic heterocycles. The molecule has 0 N–H and O–H groups in total. The van der Waals surface area contributed by atoms with E-state index in [2.05, 4.69) is 0 Å². The van der Waals surface area contributed by atoms with Crippen molar-refractivity contribution in [1.82, 2.24) is 0 Å². The molecular weight excluding hydrogens is 206 g/mol. The van der Waals surface area contributed by atoms with Crippen LogP contribution in [0.3, 0.4) is 0 Å². The summed E-state index contributed by atoms with van der Waals surface area (Å²) < 4.78 is 49.0. The van der Waals surface area contributed by atoms with Gasteiger partial charge in [-0.1, -0.05) is 0 Å². The summed E-state index contributed by atoms with van der Waals surface area (Å²) in [7, 11) is 0. The van der Waals surface area contributed by atoms with Crippen molar-refractivity contribution in [2.24, 2.45) is 5.92 Å². The van der Waals surface area contributed by atoms with Crippen LogP contribution in [0.15, 0.2) is 23.9 Å². The second kappa shape index (κ2) is 3.39. The quantitative estimate of drug-likeness (QED) is 0.379. The molecule has 0 fully saturated rings. The Labute approximate surface area is 75.9 Å². The number of hydrogen-bond acceptors (Lipinski definition) is 2. The van der Waals surface area contributed by atoms with E-state index in [1.165, 1.54) is 0 Å². The van der Waals surface area contributed by atoms with Crippen molar-refractivity contribution in [3.05, 3.63) is 34.0 Å². The Kier molecular flexibility index (Phi) is 2.59. The number of allylic oxidation sites excluding steroid dienone is 3. The lowest BCUT2D eigenvalue weighted by molar-refractivity contribution is -0.420. The zero-order valence-electron chi connectivity index (χ0n) is 6.66. The van der Waals surface area contributed by atoms with Gasteiger partial charge in [0.2, 0.25) is 0 Å². The lowest BCUT2D eigenvalue weighted by Crippen LogP contribution is -2.31. The number of nitro groups is 1. The van der Waals surface area contributed by atoms with Crippen molar-refractivity contribution in [2.45, 2.75) is 12.3 Å². The molecule has 14 heavy (non-hydrogen) atoms. The molecule has 1 rings (SSSR count). The summed E-state index contributed by atoms with van der Waals surface area (Å²) in [6, 6.07) is 0. The molecule has 1 aliphatic rings. The maximum absolute atomic E-state index is 12.7. The minimum Gasteiger partial charge on any atom is -0.258 e. The van der Waals surface area contributed by atoms with Crippen LogP contribution in [0.4, 0.5) is 17.6 Å². The van der Waals surface area contributed by atoms with Crippen molar-refractivity contribution in [3.63, 3.8) is 0 Å². The molecule has 0 radical (unpaired) electrons. The van der Waals surface area contributed by atoms with Gasteiger partial charge in [-0.05, 0) is 6.08 Å². The average molecular weight is 211 g/mol. The molecule has 0 spiro atoms. The Morgan fingerprint density at radius 2 is 2.00 bits per heavy atom. The van der Waals surface area contributed by atoms with Gasteiger partial charge in [0.25, 0.3) is 5.70 Å². The standard InChI is InChI=1S/C7H5F4NO2/c8-6-2-1-4(12(13)14)3-5(6)7(9,10)11/h1-3,5-6H. The molecular formula is C7H5F4NO2. The third kappa shape index (κ3) is 2.09. The normalized spacial score (nSPS) is 27.3. The van der Waals surface area contributed by atoms with Gasteiger partial charge in [0.1, 0.15) is 12.1 Å². The van der Waals surface area contributed by atoms with E-state index in [9.17, 15) is 27.7 Å². The fourth-order valence-corrected chi connectivity index (χ4v) is 1.04. The van der Waals surface area contributed by atoms with E-state index in [0.29, 0.717) is 6.08 Å². The van der Waals surface area contributed by atoms with Crippen LogP contribution in [-0.2, 0) is 0 Å². The fourth-order valence-electron chi connectivity index (χ4n) is 1.04. The molecule has 0 amide bonds. The van der Waals surface area contributed by atoms with E-state index < -0.39 is 28.9 Å². The van der Waals surface area contributed by atoms with E-state index in [-0.39, 0.29) is 6.08 Å². The van der Waals surface area contributed by atoms with Crippen LogP contribution in [-0.4, -0.2) is 17.3 Å². The second-order valence-electron chi connectivity index (χ2n) is 2.72. The number of alkyl halides is 4. The zero-order chi connectivity index (χ0) is 10.9. The Balaban J connectivity index is 2.97. The van der Waals surface area contributed by atoms with Gasteiger partial charge in [0, 0.05) is 12.2 Å². The first-order valence-corrected chi connectivity index (χ1v) is 3.57. The average Bonchev–Trinajstić information content (AvgIpc) is 2.02. The molecule has 0 aromatic carbocycles. The number of nitrogens with zero attached hydrogens (tertiary/aromatic N) is 1. The van der Waals surface area contributed by atoms with Gasteiger partial charge in [0.05, 0.1) is 4.92 Å². The second-order valence-corrected chi connectivity index (χ2v) is 2.72. The molecule has 0 heterocycles. The van der Waals surface area contributed by atoms with E-state index >= 15 is 0 Å². The smallest absolute Gasteiger partial charge is 0.258 e. The molecule has 2 atom stereocenters. The molecule has 7 heteroatoms. The largest absolute Gasteiger partial charge is 0.398 e. The van der Waals surface area contributed by atoms with Crippen LogP contribution in [0.5, 0.6) is 0 Å². The Hall–Kier alpha value is -1.40. The van der Waals surface area contributed by atoms with Gasteiger partial charge in [-0.2, -0.15) is 13.2 Å². The maximum Gasteiger partial charge on any atom is 0.398 e. The highest BCUT2D eigenvalue weighted by atomic mass is 19.4. The molecule has 1 aliphatic carbocycles. The van der Waals surface area contributed by atoms with Crippen LogP contribution in [0.2, 0.25) is 0 Å². The van der Waals surface area contributed by atoms with Gasteiger partial charge in [-0.3, -0.25) is 10.1 Å². The van der Waals surface area contributed by atoms with Crippen molar-refractivity contribution in [3.8, 4) is 0 Å².